The molecule has 0 atom stereocenters. The maximum atomic E-state index is 12.1. The van der Waals surface area contributed by atoms with Gasteiger partial charge < -0.3 is 20.7 Å². The number of piperidine rings is 1. The van der Waals surface area contributed by atoms with Crippen LogP contribution in [0.15, 0.2) is 42.6 Å². The van der Waals surface area contributed by atoms with Crippen molar-refractivity contribution in [3.8, 4) is 5.75 Å². The molecule has 3 aromatic rings. The van der Waals surface area contributed by atoms with Gasteiger partial charge in [-0.3, -0.25) is 4.79 Å². The second-order valence-electron chi connectivity index (χ2n) is 8.23. The number of nitrogens with zero attached hydrogens (tertiary/aromatic N) is 2. The molecule has 1 aliphatic rings. The minimum Gasteiger partial charge on any atom is -0.488 e. The van der Waals surface area contributed by atoms with E-state index in [1.165, 1.54) is 0 Å². The van der Waals surface area contributed by atoms with E-state index in [4.69, 9.17) is 9.72 Å². The van der Waals surface area contributed by atoms with Crippen LogP contribution in [0.5, 0.6) is 5.75 Å². The third-order valence-electron chi connectivity index (χ3n) is 5.33. The Kier molecular flexibility index (Phi) is 6.32. The SMILES string of the molecule is Cc1ccc(OC2CCNCC2)c2nc(Nc3ccc(C(=O)NC(C)C)cc3)ncc12. The number of nitrogens with one attached hydrogen (secondary N) is 3. The van der Waals surface area contributed by atoms with Crippen molar-refractivity contribution in [2.75, 3.05) is 18.4 Å². The molecule has 1 fully saturated rings. The number of fused-ring (bicyclic) bond motifs is 1. The maximum Gasteiger partial charge on any atom is 0.251 e. The molecule has 1 aromatic heterocycles. The summed E-state index contributed by atoms with van der Waals surface area (Å²) < 4.78 is 6.30. The zero-order valence-electron chi connectivity index (χ0n) is 18.2. The summed E-state index contributed by atoms with van der Waals surface area (Å²) in [6, 6.07) is 11.4. The molecule has 1 amide bonds. The molecule has 0 aliphatic carbocycles. The Bertz CT molecular complexity index is 1060. The van der Waals surface area contributed by atoms with E-state index in [2.05, 4.69) is 27.0 Å². The Morgan fingerprint density at radius 3 is 2.58 bits per heavy atom. The van der Waals surface area contributed by atoms with E-state index >= 15 is 0 Å². The number of amides is 1. The Balaban J connectivity index is 1.55. The molecule has 0 unspecified atom stereocenters. The van der Waals surface area contributed by atoms with Gasteiger partial charge in [0.2, 0.25) is 5.95 Å². The third-order valence-corrected chi connectivity index (χ3v) is 5.33. The van der Waals surface area contributed by atoms with Crippen molar-refractivity contribution in [3.05, 3.63) is 53.7 Å². The van der Waals surface area contributed by atoms with Crippen molar-refractivity contribution in [1.82, 2.24) is 20.6 Å². The van der Waals surface area contributed by atoms with Crippen molar-refractivity contribution in [1.29, 1.82) is 0 Å². The van der Waals surface area contributed by atoms with Crippen LogP contribution in [0.2, 0.25) is 0 Å². The molecular formula is C24H29N5O2. The van der Waals surface area contributed by atoms with Crippen molar-refractivity contribution >= 4 is 28.4 Å². The number of aromatic nitrogens is 2. The number of carbonyl (C=O) groups is 1. The summed E-state index contributed by atoms with van der Waals surface area (Å²) in [7, 11) is 0. The van der Waals surface area contributed by atoms with Gasteiger partial charge >= 0.3 is 0 Å². The highest BCUT2D eigenvalue weighted by molar-refractivity contribution is 5.94. The van der Waals surface area contributed by atoms with E-state index in [-0.39, 0.29) is 18.1 Å². The quantitative estimate of drug-likeness (QED) is 0.561. The van der Waals surface area contributed by atoms with Crippen LogP contribution in [0.25, 0.3) is 10.9 Å². The molecule has 1 saturated heterocycles. The first-order valence-corrected chi connectivity index (χ1v) is 10.8. The number of hydrogen-bond donors (Lipinski definition) is 3. The van der Waals surface area contributed by atoms with Crippen LogP contribution in [-0.4, -0.2) is 41.1 Å². The van der Waals surface area contributed by atoms with E-state index in [9.17, 15) is 4.79 Å². The standard InChI is InChI=1S/C24H29N5O2/c1-15(2)27-23(30)17-5-7-18(8-6-17)28-24-26-14-20-16(3)4-9-21(22(20)29-24)31-19-10-12-25-13-11-19/h4-9,14-15,19,25H,10-13H2,1-3H3,(H,27,30)(H,26,28,29). The van der Waals surface area contributed by atoms with Crippen LogP contribution in [0, 0.1) is 6.92 Å². The van der Waals surface area contributed by atoms with E-state index < -0.39 is 0 Å². The molecule has 1 aliphatic heterocycles. The van der Waals surface area contributed by atoms with Crippen molar-refractivity contribution in [2.45, 2.75) is 45.8 Å². The van der Waals surface area contributed by atoms with Gasteiger partial charge in [0.05, 0.1) is 0 Å². The monoisotopic (exact) mass is 419 g/mol. The first-order valence-electron chi connectivity index (χ1n) is 10.8. The number of carbonyl (C=O) groups excluding carboxylic acids is 1. The fourth-order valence-corrected chi connectivity index (χ4v) is 3.66. The van der Waals surface area contributed by atoms with Gasteiger partial charge in [0.25, 0.3) is 5.91 Å². The normalized spacial score (nSPS) is 14.6. The molecule has 2 heterocycles. The zero-order valence-corrected chi connectivity index (χ0v) is 18.2. The number of hydrogen-bond acceptors (Lipinski definition) is 6. The molecule has 0 radical (unpaired) electrons. The maximum absolute atomic E-state index is 12.1. The van der Waals surface area contributed by atoms with Crippen LogP contribution >= 0.6 is 0 Å². The molecule has 0 bridgehead atoms. The zero-order chi connectivity index (χ0) is 21.8. The molecule has 0 saturated carbocycles. The van der Waals surface area contributed by atoms with Gasteiger partial charge in [0.15, 0.2) is 0 Å². The van der Waals surface area contributed by atoms with Gasteiger partial charge in [0, 0.05) is 28.9 Å². The number of benzene rings is 2. The van der Waals surface area contributed by atoms with Gasteiger partial charge in [-0.05, 0) is 82.6 Å². The van der Waals surface area contributed by atoms with Gasteiger partial charge in [-0.2, -0.15) is 0 Å². The van der Waals surface area contributed by atoms with Crippen LogP contribution in [0.4, 0.5) is 11.6 Å². The number of aryl methyl sites for hydroxylation is 1. The van der Waals surface area contributed by atoms with Crippen LogP contribution in [-0.2, 0) is 0 Å². The fraction of sp³-hybridized carbons (Fsp3) is 0.375. The minimum atomic E-state index is -0.0846. The molecule has 7 nitrogen and oxygen atoms in total. The molecule has 4 rings (SSSR count). The number of rotatable bonds is 6. The average Bonchev–Trinajstić information content (AvgIpc) is 2.76. The van der Waals surface area contributed by atoms with Gasteiger partial charge in [-0.15, -0.1) is 0 Å². The lowest BCUT2D eigenvalue weighted by atomic mass is 10.1. The van der Waals surface area contributed by atoms with Crippen molar-refractivity contribution < 1.29 is 9.53 Å². The predicted octanol–water partition coefficient (Wildman–Crippen LogP) is 3.95. The molecule has 162 valence electrons. The lowest BCUT2D eigenvalue weighted by Gasteiger charge is -2.24. The molecule has 0 spiro atoms. The summed E-state index contributed by atoms with van der Waals surface area (Å²) in [4.78, 5) is 21.4. The molecule has 3 N–H and O–H groups in total. The summed E-state index contributed by atoms with van der Waals surface area (Å²) >= 11 is 0. The van der Waals surface area contributed by atoms with Crippen molar-refractivity contribution in [2.24, 2.45) is 0 Å². The molecule has 7 heteroatoms. The first-order chi connectivity index (χ1) is 15.0. The Morgan fingerprint density at radius 1 is 1.13 bits per heavy atom. The topological polar surface area (TPSA) is 88.2 Å². The number of ether oxygens (including phenoxy) is 1. The summed E-state index contributed by atoms with van der Waals surface area (Å²) in [6.07, 6.45) is 4.01. The smallest absolute Gasteiger partial charge is 0.251 e. The summed E-state index contributed by atoms with van der Waals surface area (Å²) in [5, 5.41) is 10.5. The lowest BCUT2D eigenvalue weighted by molar-refractivity contribution is 0.0943. The largest absolute Gasteiger partial charge is 0.488 e. The fourth-order valence-electron chi connectivity index (χ4n) is 3.66. The van der Waals surface area contributed by atoms with Gasteiger partial charge in [0.1, 0.15) is 17.4 Å². The van der Waals surface area contributed by atoms with E-state index in [0.29, 0.717) is 11.5 Å². The minimum absolute atomic E-state index is 0.0846. The predicted molar refractivity (Wildman–Crippen MR) is 123 cm³/mol. The Morgan fingerprint density at radius 2 is 1.87 bits per heavy atom. The van der Waals surface area contributed by atoms with E-state index in [0.717, 1.165) is 53.8 Å². The van der Waals surface area contributed by atoms with Crippen LogP contribution in [0.3, 0.4) is 0 Å². The molecule has 2 aromatic carbocycles. The summed E-state index contributed by atoms with van der Waals surface area (Å²) in [5.74, 6) is 1.20. The Hall–Kier alpha value is -3.19. The molecular weight excluding hydrogens is 390 g/mol. The highest BCUT2D eigenvalue weighted by Gasteiger charge is 2.17. The lowest BCUT2D eigenvalue weighted by Crippen LogP contribution is -2.34. The summed E-state index contributed by atoms with van der Waals surface area (Å²) in [5.41, 5.74) is 3.35. The van der Waals surface area contributed by atoms with Gasteiger partial charge in [-0.1, -0.05) is 6.07 Å². The van der Waals surface area contributed by atoms with E-state index in [1.807, 2.05) is 45.2 Å². The van der Waals surface area contributed by atoms with Gasteiger partial charge in [-0.25, -0.2) is 9.97 Å². The van der Waals surface area contributed by atoms with E-state index in [1.54, 1.807) is 12.1 Å². The molecule has 31 heavy (non-hydrogen) atoms. The second kappa shape index (κ2) is 9.31. The van der Waals surface area contributed by atoms with Crippen molar-refractivity contribution in [3.63, 3.8) is 0 Å². The Labute approximate surface area is 182 Å². The van der Waals surface area contributed by atoms with Crippen LogP contribution in [0.1, 0.15) is 42.6 Å². The highest BCUT2D eigenvalue weighted by atomic mass is 16.5. The third kappa shape index (κ3) is 5.11. The second-order valence-corrected chi connectivity index (χ2v) is 8.23. The first kappa shape index (κ1) is 21.1. The van der Waals surface area contributed by atoms with Crippen LogP contribution < -0.4 is 20.7 Å². The number of anilines is 2. The highest BCUT2D eigenvalue weighted by Crippen LogP contribution is 2.29. The summed E-state index contributed by atoms with van der Waals surface area (Å²) in [6.45, 7) is 7.88. The average molecular weight is 420 g/mol.